The van der Waals surface area contributed by atoms with Gasteiger partial charge >= 0.3 is 5.97 Å². The van der Waals surface area contributed by atoms with Crippen LogP contribution in [0.1, 0.15) is 22.8 Å². The highest BCUT2D eigenvalue weighted by molar-refractivity contribution is 5.92. The van der Waals surface area contributed by atoms with Crippen LogP contribution in [0.25, 0.3) is 0 Å². The molecule has 0 unspecified atom stereocenters. The Morgan fingerprint density at radius 1 is 1.05 bits per heavy atom. The van der Waals surface area contributed by atoms with Gasteiger partial charge in [0.25, 0.3) is 5.91 Å². The summed E-state index contributed by atoms with van der Waals surface area (Å²) in [6, 6.07) is 16.3. The fourth-order valence-corrected chi connectivity index (χ4v) is 1.71. The van der Waals surface area contributed by atoms with Crippen LogP contribution in [0.15, 0.2) is 54.6 Å². The summed E-state index contributed by atoms with van der Waals surface area (Å²) >= 11 is 0. The van der Waals surface area contributed by atoms with E-state index in [1.165, 1.54) is 6.92 Å². The lowest BCUT2D eigenvalue weighted by atomic mass is 10.2. The quantitative estimate of drug-likeness (QED) is 0.830. The van der Waals surface area contributed by atoms with E-state index < -0.39 is 18.0 Å². The van der Waals surface area contributed by atoms with Gasteiger partial charge in [0.05, 0.1) is 5.56 Å². The Labute approximate surface area is 128 Å². The number of amides is 1. The van der Waals surface area contributed by atoms with Crippen molar-refractivity contribution in [3.63, 3.8) is 0 Å². The van der Waals surface area contributed by atoms with Crippen LogP contribution in [0.5, 0.6) is 5.75 Å². The van der Waals surface area contributed by atoms with Crippen molar-refractivity contribution in [1.29, 1.82) is 0 Å². The molecule has 2 aromatic rings. The van der Waals surface area contributed by atoms with Crippen LogP contribution in [0.3, 0.4) is 0 Å². The number of hydrogen-bond acceptors (Lipinski definition) is 4. The number of benzene rings is 2. The molecule has 0 saturated heterocycles. The van der Waals surface area contributed by atoms with Gasteiger partial charge < -0.3 is 15.2 Å². The summed E-state index contributed by atoms with van der Waals surface area (Å²) in [5, 5.41) is 0. The molecule has 0 bridgehead atoms. The molecule has 0 aromatic heterocycles. The number of rotatable bonds is 6. The molecule has 1 atom stereocenters. The lowest BCUT2D eigenvalue weighted by Gasteiger charge is -2.10. The molecular weight excluding hydrogens is 282 g/mol. The second-order valence-corrected chi connectivity index (χ2v) is 4.75. The van der Waals surface area contributed by atoms with E-state index in [2.05, 4.69) is 0 Å². The molecule has 0 fully saturated rings. The summed E-state index contributed by atoms with van der Waals surface area (Å²) in [5.41, 5.74) is 6.44. The molecule has 0 aliphatic heterocycles. The maximum atomic E-state index is 11.8. The van der Waals surface area contributed by atoms with Gasteiger partial charge in [-0.05, 0) is 36.8 Å². The van der Waals surface area contributed by atoms with E-state index in [-0.39, 0.29) is 0 Å². The number of carbonyl (C=O) groups is 2. The average Bonchev–Trinajstić information content (AvgIpc) is 2.54. The molecule has 114 valence electrons. The summed E-state index contributed by atoms with van der Waals surface area (Å²) < 4.78 is 10.5. The van der Waals surface area contributed by atoms with Crippen LogP contribution in [0.4, 0.5) is 0 Å². The molecule has 0 saturated carbocycles. The highest BCUT2D eigenvalue weighted by Crippen LogP contribution is 2.15. The smallest absolute Gasteiger partial charge is 0.338 e. The summed E-state index contributed by atoms with van der Waals surface area (Å²) in [7, 11) is 0. The molecule has 2 N–H and O–H groups in total. The third-order valence-corrected chi connectivity index (χ3v) is 3.02. The van der Waals surface area contributed by atoms with Crippen LogP contribution in [-0.4, -0.2) is 18.0 Å². The number of carbonyl (C=O) groups excluding carboxylic acids is 2. The maximum absolute atomic E-state index is 11.8. The van der Waals surface area contributed by atoms with Gasteiger partial charge in [-0.1, -0.05) is 30.3 Å². The third kappa shape index (κ3) is 4.34. The van der Waals surface area contributed by atoms with Crippen molar-refractivity contribution < 1.29 is 19.1 Å². The molecule has 22 heavy (non-hydrogen) atoms. The summed E-state index contributed by atoms with van der Waals surface area (Å²) in [6.45, 7) is 1.88. The van der Waals surface area contributed by atoms with Crippen molar-refractivity contribution in [2.24, 2.45) is 5.73 Å². The molecule has 0 radical (unpaired) electrons. The number of primary amides is 1. The zero-order valence-electron chi connectivity index (χ0n) is 12.2. The van der Waals surface area contributed by atoms with Gasteiger partial charge in [0.1, 0.15) is 12.4 Å². The number of hydrogen-bond donors (Lipinski definition) is 1. The largest absolute Gasteiger partial charge is 0.489 e. The van der Waals surface area contributed by atoms with Crippen LogP contribution in [0.2, 0.25) is 0 Å². The molecule has 1 amide bonds. The van der Waals surface area contributed by atoms with Gasteiger partial charge in [-0.15, -0.1) is 0 Å². The highest BCUT2D eigenvalue weighted by Gasteiger charge is 2.15. The molecule has 5 nitrogen and oxygen atoms in total. The monoisotopic (exact) mass is 299 g/mol. The van der Waals surface area contributed by atoms with E-state index >= 15 is 0 Å². The van der Waals surface area contributed by atoms with E-state index in [0.29, 0.717) is 17.9 Å². The SMILES string of the molecule is C[C@H](OC(=O)c1ccc(OCc2ccccc2)cc1)C(N)=O. The molecule has 0 aliphatic rings. The standard InChI is InChI=1S/C17H17NO4/c1-12(16(18)19)22-17(20)14-7-9-15(10-8-14)21-11-13-5-3-2-4-6-13/h2-10,12H,11H2,1H3,(H2,18,19)/t12-/m0/s1. The maximum Gasteiger partial charge on any atom is 0.338 e. The number of ether oxygens (including phenoxy) is 2. The normalized spacial score (nSPS) is 11.5. The summed E-state index contributed by atoms with van der Waals surface area (Å²) in [4.78, 5) is 22.6. The summed E-state index contributed by atoms with van der Waals surface area (Å²) in [6.07, 6.45) is -0.957. The lowest BCUT2D eigenvalue weighted by molar-refractivity contribution is -0.125. The fraction of sp³-hybridized carbons (Fsp3) is 0.176. The molecular formula is C17H17NO4. The molecule has 2 aromatic carbocycles. The van der Waals surface area contributed by atoms with Gasteiger partial charge in [0, 0.05) is 0 Å². The average molecular weight is 299 g/mol. The van der Waals surface area contributed by atoms with Gasteiger partial charge in [0.2, 0.25) is 0 Å². The van der Waals surface area contributed by atoms with Gasteiger partial charge in [-0.2, -0.15) is 0 Å². The Hall–Kier alpha value is -2.82. The first-order valence-corrected chi connectivity index (χ1v) is 6.83. The second-order valence-electron chi connectivity index (χ2n) is 4.75. The fourth-order valence-electron chi connectivity index (χ4n) is 1.71. The first-order valence-electron chi connectivity index (χ1n) is 6.83. The van der Waals surface area contributed by atoms with Gasteiger partial charge in [0.15, 0.2) is 6.10 Å². The Morgan fingerprint density at radius 3 is 2.27 bits per heavy atom. The zero-order chi connectivity index (χ0) is 15.9. The van der Waals surface area contributed by atoms with E-state index in [4.69, 9.17) is 15.2 Å². The van der Waals surface area contributed by atoms with Crippen molar-refractivity contribution in [3.8, 4) is 5.75 Å². The topological polar surface area (TPSA) is 78.6 Å². The lowest BCUT2D eigenvalue weighted by Crippen LogP contribution is -2.30. The van der Waals surface area contributed by atoms with Crippen LogP contribution in [0, 0.1) is 0 Å². The van der Waals surface area contributed by atoms with Crippen molar-refractivity contribution >= 4 is 11.9 Å². The number of esters is 1. The minimum Gasteiger partial charge on any atom is -0.489 e. The van der Waals surface area contributed by atoms with Gasteiger partial charge in [-0.3, -0.25) is 4.79 Å². The number of nitrogens with two attached hydrogens (primary N) is 1. The van der Waals surface area contributed by atoms with E-state index in [0.717, 1.165) is 5.56 Å². The van der Waals surface area contributed by atoms with E-state index in [9.17, 15) is 9.59 Å². The second kappa shape index (κ2) is 7.26. The van der Waals surface area contributed by atoms with Crippen molar-refractivity contribution in [2.75, 3.05) is 0 Å². The van der Waals surface area contributed by atoms with Crippen molar-refractivity contribution in [3.05, 3.63) is 65.7 Å². The Bertz CT molecular complexity index is 637. The predicted octanol–water partition coefficient (Wildman–Crippen LogP) is 2.30. The Kier molecular flexibility index (Phi) is 5.14. The molecule has 0 heterocycles. The zero-order valence-corrected chi connectivity index (χ0v) is 12.2. The Morgan fingerprint density at radius 2 is 1.68 bits per heavy atom. The molecule has 0 aliphatic carbocycles. The predicted molar refractivity (Wildman–Crippen MR) is 81.3 cm³/mol. The Balaban J connectivity index is 1.92. The van der Waals surface area contributed by atoms with E-state index in [1.807, 2.05) is 30.3 Å². The first kappa shape index (κ1) is 15.6. The molecule has 2 rings (SSSR count). The third-order valence-electron chi connectivity index (χ3n) is 3.02. The minimum absolute atomic E-state index is 0.333. The van der Waals surface area contributed by atoms with Crippen LogP contribution >= 0.6 is 0 Å². The highest BCUT2D eigenvalue weighted by atomic mass is 16.5. The molecule has 0 spiro atoms. The minimum atomic E-state index is -0.957. The summed E-state index contributed by atoms with van der Waals surface area (Å²) in [5.74, 6) is -0.638. The van der Waals surface area contributed by atoms with Crippen molar-refractivity contribution in [2.45, 2.75) is 19.6 Å². The van der Waals surface area contributed by atoms with Crippen LogP contribution in [-0.2, 0) is 16.1 Å². The van der Waals surface area contributed by atoms with E-state index in [1.54, 1.807) is 24.3 Å². The van der Waals surface area contributed by atoms with Gasteiger partial charge in [-0.25, -0.2) is 4.79 Å². The van der Waals surface area contributed by atoms with Crippen LogP contribution < -0.4 is 10.5 Å². The first-order chi connectivity index (χ1) is 10.6. The molecule has 5 heteroatoms. The van der Waals surface area contributed by atoms with Crippen molar-refractivity contribution in [1.82, 2.24) is 0 Å².